The summed E-state index contributed by atoms with van der Waals surface area (Å²) < 4.78 is 0. The van der Waals surface area contributed by atoms with E-state index in [2.05, 4.69) is 195 Å². The van der Waals surface area contributed by atoms with E-state index in [9.17, 15) is 0 Å². The third kappa shape index (κ3) is 5.04. The molecule has 0 saturated heterocycles. The van der Waals surface area contributed by atoms with Crippen molar-refractivity contribution in [2.24, 2.45) is 0 Å². The van der Waals surface area contributed by atoms with E-state index in [1.165, 1.54) is 61.3 Å². The van der Waals surface area contributed by atoms with Gasteiger partial charge in [-0.25, -0.2) is 0 Å². The van der Waals surface area contributed by atoms with Gasteiger partial charge in [0.25, 0.3) is 0 Å². The fourth-order valence-electron chi connectivity index (χ4n) is 7.89. The van der Waals surface area contributed by atoms with Crippen LogP contribution in [0.5, 0.6) is 0 Å². The van der Waals surface area contributed by atoms with Crippen molar-refractivity contribution in [3.05, 3.63) is 187 Å². The van der Waals surface area contributed by atoms with Gasteiger partial charge in [0.15, 0.2) is 0 Å². The van der Waals surface area contributed by atoms with Gasteiger partial charge in [0.2, 0.25) is 0 Å². The zero-order valence-electron chi connectivity index (χ0n) is 27.6. The number of fused-ring (bicyclic) bond motifs is 3. The van der Waals surface area contributed by atoms with Gasteiger partial charge >= 0.3 is 0 Å². The molecule has 0 atom stereocenters. The molecule has 7 aromatic rings. The van der Waals surface area contributed by atoms with Crippen LogP contribution in [-0.2, 0) is 5.41 Å². The Hall–Kier alpha value is -5.66. The Morgan fingerprint density at radius 1 is 0.375 bits per heavy atom. The smallest absolute Gasteiger partial charge is 0.0540 e. The Morgan fingerprint density at radius 2 is 0.896 bits per heavy atom. The van der Waals surface area contributed by atoms with Gasteiger partial charge in [-0.3, -0.25) is 0 Å². The van der Waals surface area contributed by atoms with Crippen LogP contribution in [0.2, 0.25) is 0 Å². The minimum atomic E-state index is -0.0109. The van der Waals surface area contributed by atoms with Crippen molar-refractivity contribution in [3.8, 4) is 44.5 Å². The van der Waals surface area contributed by atoms with Gasteiger partial charge in [-0.1, -0.05) is 153 Å². The number of anilines is 3. The van der Waals surface area contributed by atoms with Crippen molar-refractivity contribution in [3.63, 3.8) is 0 Å². The van der Waals surface area contributed by atoms with Crippen LogP contribution in [0.25, 0.3) is 44.5 Å². The molecule has 0 amide bonds. The zero-order valence-corrected chi connectivity index (χ0v) is 27.6. The first-order valence-electron chi connectivity index (χ1n) is 17.1. The molecule has 1 aliphatic carbocycles. The van der Waals surface area contributed by atoms with Crippen LogP contribution < -0.4 is 4.90 Å². The maximum Gasteiger partial charge on any atom is 0.0540 e. The predicted octanol–water partition coefficient (Wildman–Crippen LogP) is 13.2. The standard InChI is InChI=1S/C47H39N/c1-3-47(4-2)44-27-13-11-26-42(44)43-30-29-40(33-45(43)47)48(39-24-16-22-37(32-39)35-19-9-6-10-20-35)46-28-14-12-25-41(46)38-23-15-21-36(31-38)34-17-7-5-8-18-34/h5-33H,3-4H2,1-2H3. The second kappa shape index (κ2) is 12.5. The number of benzene rings is 7. The first-order chi connectivity index (χ1) is 23.7. The highest BCUT2D eigenvalue weighted by molar-refractivity contribution is 5.92. The summed E-state index contributed by atoms with van der Waals surface area (Å²) in [4.78, 5) is 2.47. The number of hydrogen-bond acceptors (Lipinski definition) is 1. The van der Waals surface area contributed by atoms with E-state index >= 15 is 0 Å². The van der Waals surface area contributed by atoms with Crippen molar-refractivity contribution in [1.82, 2.24) is 0 Å². The third-order valence-corrected chi connectivity index (χ3v) is 10.4. The van der Waals surface area contributed by atoms with Crippen LogP contribution in [0.15, 0.2) is 176 Å². The molecule has 0 N–H and O–H groups in total. The quantitative estimate of drug-likeness (QED) is 0.164. The van der Waals surface area contributed by atoms with E-state index in [-0.39, 0.29) is 5.41 Å². The molecule has 0 aliphatic heterocycles. The van der Waals surface area contributed by atoms with Gasteiger partial charge in [0, 0.05) is 22.4 Å². The summed E-state index contributed by atoms with van der Waals surface area (Å²) >= 11 is 0. The fourth-order valence-corrected chi connectivity index (χ4v) is 7.89. The molecule has 0 spiro atoms. The summed E-state index contributed by atoms with van der Waals surface area (Å²) in [6.45, 7) is 4.69. The van der Waals surface area contributed by atoms with E-state index < -0.39 is 0 Å². The molecule has 48 heavy (non-hydrogen) atoms. The second-order valence-corrected chi connectivity index (χ2v) is 12.8. The van der Waals surface area contributed by atoms with Crippen molar-refractivity contribution in [2.75, 3.05) is 4.90 Å². The van der Waals surface area contributed by atoms with Gasteiger partial charge in [-0.2, -0.15) is 0 Å². The van der Waals surface area contributed by atoms with E-state index in [1.807, 2.05) is 0 Å². The summed E-state index contributed by atoms with van der Waals surface area (Å²) in [5, 5.41) is 0. The summed E-state index contributed by atoms with van der Waals surface area (Å²) in [5.74, 6) is 0. The molecule has 1 nitrogen and oxygen atoms in total. The van der Waals surface area contributed by atoms with Crippen LogP contribution in [0.4, 0.5) is 17.1 Å². The van der Waals surface area contributed by atoms with Gasteiger partial charge < -0.3 is 4.90 Å². The van der Waals surface area contributed by atoms with Gasteiger partial charge in [-0.05, 0) is 99.3 Å². The first-order valence-corrected chi connectivity index (χ1v) is 17.1. The highest BCUT2D eigenvalue weighted by Gasteiger charge is 2.40. The molecular formula is C47H39N. The third-order valence-electron chi connectivity index (χ3n) is 10.4. The van der Waals surface area contributed by atoms with E-state index in [4.69, 9.17) is 0 Å². The minimum Gasteiger partial charge on any atom is -0.310 e. The average molecular weight is 618 g/mol. The molecule has 232 valence electrons. The lowest BCUT2D eigenvalue weighted by molar-refractivity contribution is 0.490. The van der Waals surface area contributed by atoms with Gasteiger partial charge in [0.05, 0.1) is 5.69 Å². The molecule has 0 saturated carbocycles. The van der Waals surface area contributed by atoms with E-state index in [1.54, 1.807) is 0 Å². The number of hydrogen-bond donors (Lipinski definition) is 0. The molecule has 8 rings (SSSR count). The van der Waals surface area contributed by atoms with Crippen molar-refractivity contribution < 1.29 is 0 Å². The summed E-state index contributed by atoms with van der Waals surface area (Å²) in [6, 6.07) is 64.3. The summed E-state index contributed by atoms with van der Waals surface area (Å²) in [6.07, 6.45) is 2.12. The molecule has 7 aromatic carbocycles. The normalized spacial score (nSPS) is 12.7. The van der Waals surface area contributed by atoms with Crippen LogP contribution in [-0.4, -0.2) is 0 Å². The monoisotopic (exact) mass is 617 g/mol. The first kappa shape index (κ1) is 29.7. The van der Waals surface area contributed by atoms with Crippen LogP contribution in [0, 0.1) is 0 Å². The van der Waals surface area contributed by atoms with Crippen molar-refractivity contribution >= 4 is 17.1 Å². The lowest BCUT2D eigenvalue weighted by atomic mass is 9.74. The summed E-state index contributed by atoms with van der Waals surface area (Å²) in [7, 11) is 0. The number of rotatable bonds is 8. The van der Waals surface area contributed by atoms with Crippen LogP contribution in [0.3, 0.4) is 0 Å². The zero-order chi connectivity index (χ0) is 32.5. The Balaban J connectivity index is 1.34. The Bertz CT molecular complexity index is 2210. The molecule has 0 aromatic heterocycles. The molecule has 0 fully saturated rings. The number of nitrogens with zero attached hydrogens (tertiary/aromatic N) is 1. The van der Waals surface area contributed by atoms with Crippen LogP contribution >= 0.6 is 0 Å². The lowest BCUT2D eigenvalue weighted by Crippen LogP contribution is -2.23. The van der Waals surface area contributed by atoms with Gasteiger partial charge in [-0.15, -0.1) is 0 Å². The molecule has 0 radical (unpaired) electrons. The van der Waals surface area contributed by atoms with E-state index in [0.29, 0.717) is 0 Å². The molecule has 1 heteroatoms. The SMILES string of the molecule is CCC1(CC)c2ccccc2-c2ccc(N(c3cccc(-c4ccccc4)c3)c3ccccc3-c3cccc(-c4ccccc4)c3)cc21. The molecule has 0 bridgehead atoms. The lowest BCUT2D eigenvalue weighted by Gasteiger charge is -2.32. The minimum absolute atomic E-state index is 0.0109. The Labute approximate surface area is 284 Å². The second-order valence-electron chi connectivity index (χ2n) is 12.8. The largest absolute Gasteiger partial charge is 0.310 e. The highest BCUT2D eigenvalue weighted by atomic mass is 15.1. The maximum atomic E-state index is 2.48. The van der Waals surface area contributed by atoms with E-state index in [0.717, 1.165) is 24.2 Å². The maximum absolute atomic E-state index is 2.48. The molecule has 0 unspecified atom stereocenters. The predicted molar refractivity (Wildman–Crippen MR) is 204 cm³/mol. The van der Waals surface area contributed by atoms with Gasteiger partial charge in [0.1, 0.15) is 0 Å². The number of para-hydroxylation sites is 1. The topological polar surface area (TPSA) is 3.24 Å². The van der Waals surface area contributed by atoms with Crippen molar-refractivity contribution in [1.29, 1.82) is 0 Å². The van der Waals surface area contributed by atoms with Crippen molar-refractivity contribution in [2.45, 2.75) is 32.1 Å². The Kier molecular flexibility index (Phi) is 7.74. The molecule has 0 heterocycles. The average Bonchev–Trinajstić information content (AvgIpc) is 3.45. The summed E-state index contributed by atoms with van der Waals surface area (Å²) in [5.41, 5.74) is 16.3. The molecule has 1 aliphatic rings. The Morgan fingerprint density at radius 3 is 1.60 bits per heavy atom. The molecular weight excluding hydrogens is 579 g/mol. The van der Waals surface area contributed by atoms with Crippen LogP contribution in [0.1, 0.15) is 37.8 Å². The fraction of sp³-hybridized carbons (Fsp3) is 0.106. The highest BCUT2D eigenvalue weighted by Crippen LogP contribution is 2.54.